The molecule has 1 saturated carbocycles. The van der Waals surface area contributed by atoms with Crippen molar-refractivity contribution in [2.75, 3.05) is 12.4 Å². The average Bonchev–Trinajstić information content (AvgIpc) is 2.29. The van der Waals surface area contributed by atoms with Crippen LogP contribution in [-0.2, 0) is 0 Å². The molecule has 4 nitrogen and oxygen atoms in total. The molecule has 0 saturated heterocycles. The minimum atomic E-state index is 0.130. The summed E-state index contributed by atoms with van der Waals surface area (Å²) in [5, 5.41) is 3.40. The number of hydrogen-bond donors (Lipinski definition) is 2. The Morgan fingerprint density at radius 2 is 2.25 bits per heavy atom. The summed E-state index contributed by atoms with van der Waals surface area (Å²) in [6, 6.07) is 6.38. The maximum atomic E-state index is 5.97. The lowest BCUT2D eigenvalue weighted by Gasteiger charge is -2.50. The highest BCUT2D eigenvalue weighted by atomic mass is 16.5. The molecule has 3 N–H and O–H groups in total. The van der Waals surface area contributed by atoms with Gasteiger partial charge < -0.3 is 15.8 Å². The van der Waals surface area contributed by atoms with Gasteiger partial charge in [-0.05, 0) is 12.5 Å². The quantitative estimate of drug-likeness (QED) is 0.814. The van der Waals surface area contributed by atoms with E-state index in [0.717, 1.165) is 12.2 Å². The highest BCUT2D eigenvalue weighted by Crippen LogP contribution is 2.40. The van der Waals surface area contributed by atoms with Crippen LogP contribution in [0.2, 0.25) is 0 Å². The molecule has 1 aromatic rings. The summed E-state index contributed by atoms with van der Waals surface area (Å²) in [4.78, 5) is 4.33. The van der Waals surface area contributed by atoms with E-state index in [1.165, 1.54) is 0 Å². The van der Waals surface area contributed by atoms with Crippen molar-refractivity contribution in [3.63, 3.8) is 0 Å². The van der Waals surface area contributed by atoms with Crippen molar-refractivity contribution in [3.05, 3.63) is 18.2 Å². The summed E-state index contributed by atoms with van der Waals surface area (Å²) in [6.07, 6.45) is 0.992. The van der Waals surface area contributed by atoms with E-state index in [1.54, 1.807) is 7.11 Å². The van der Waals surface area contributed by atoms with Gasteiger partial charge in [-0.1, -0.05) is 19.9 Å². The first-order valence-corrected chi connectivity index (χ1v) is 5.57. The monoisotopic (exact) mass is 221 g/mol. The van der Waals surface area contributed by atoms with E-state index >= 15 is 0 Å². The van der Waals surface area contributed by atoms with Crippen LogP contribution in [0.4, 0.5) is 5.82 Å². The lowest BCUT2D eigenvalue weighted by molar-refractivity contribution is 0.117. The van der Waals surface area contributed by atoms with E-state index in [1.807, 2.05) is 18.2 Å². The Balaban J connectivity index is 2.05. The van der Waals surface area contributed by atoms with Crippen LogP contribution in [0.25, 0.3) is 0 Å². The van der Waals surface area contributed by atoms with Gasteiger partial charge in [-0.25, -0.2) is 0 Å². The summed E-state index contributed by atoms with van der Waals surface area (Å²) < 4.78 is 5.09. The zero-order valence-corrected chi connectivity index (χ0v) is 10.0. The van der Waals surface area contributed by atoms with Gasteiger partial charge >= 0.3 is 0 Å². The van der Waals surface area contributed by atoms with Gasteiger partial charge in [-0.15, -0.1) is 0 Å². The molecule has 0 aliphatic heterocycles. The van der Waals surface area contributed by atoms with Crippen LogP contribution in [0.15, 0.2) is 18.2 Å². The third-order valence-electron chi connectivity index (χ3n) is 3.60. The first-order chi connectivity index (χ1) is 7.54. The number of nitrogens with zero attached hydrogens (tertiary/aromatic N) is 1. The van der Waals surface area contributed by atoms with Gasteiger partial charge in [-0.2, -0.15) is 4.98 Å². The summed E-state index contributed by atoms with van der Waals surface area (Å²) in [6.45, 7) is 4.36. The SMILES string of the molecule is COc1cccc(NC2CC(N)C2(C)C)n1. The van der Waals surface area contributed by atoms with Gasteiger partial charge in [-0.3, -0.25) is 0 Å². The van der Waals surface area contributed by atoms with Crippen molar-refractivity contribution in [2.24, 2.45) is 11.1 Å². The highest BCUT2D eigenvalue weighted by Gasteiger charge is 2.46. The zero-order valence-electron chi connectivity index (χ0n) is 10.0. The fraction of sp³-hybridized carbons (Fsp3) is 0.583. The van der Waals surface area contributed by atoms with Crippen molar-refractivity contribution in [3.8, 4) is 5.88 Å². The summed E-state index contributed by atoms with van der Waals surface area (Å²) in [5.41, 5.74) is 6.10. The molecule has 1 heterocycles. The number of aromatic nitrogens is 1. The van der Waals surface area contributed by atoms with Crippen molar-refractivity contribution in [1.29, 1.82) is 0 Å². The summed E-state index contributed by atoms with van der Waals surface area (Å²) in [5.74, 6) is 1.48. The molecule has 1 aliphatic carbocycles. The van der Waals surface area contributed by atoms with Crippen molar-refractivity contribution in [2.45, 2.75) is 32.4 Å². The predicted octanol–water partition coefficient (Wildman–Crippen LogP) is 1.63. The van der Waals surface area contributed by atoms with E-state index in [2.05, 4.69) is 24.1 Å². The molecular weight excluding hydrogens is 202 g/mol. The topological polar surface area (TPSA) is 60.2 Å². The van der Waals surface area contributed by atoms with Gasteiger partial charge in [0.05, 0.1) is 7.11 Å². The number of rotatable bonds is 3. The smallest absolute Gasteiger partial charge is 0.214 e. The third-order valence-corrected chi connectivity index (χ3v) is 3.60. The molecule has 88 valence electrons. The Morgan fingerprint density at radius 3 is 2.81 bits per heavy atom. The third kappa shape index (κ3) is 1.85. The fourth-order valence-electron chi connectivity index (χ4n) is 1.99. The summed E-state index contributed by atoms with van der Waals surface area (Å²) in [7, 11) is 1.62. The number of methoxy groups -OCH3 is 1. The molecule has 1 fully saturated rings. The van der Waals surface area contributed by atoms with Crippen LogP contribution >= 0.6 is 0 Å². The van der Waals surface area contributed by atoms with Gasteiger partial charge in [0.2, 0.25) is 5.88 Å². The van der Waals surface area contributed by atoms with E-state index in [9.17, 15) is 0 Å². The molecule has 2 rings (SSSR count). The molecule has 16 heavy (non-hydrogen) atoms. The highest BCUT2D eigenvalue weighted by molar-refractivity contribution is 5.40. The van der Waals surface area contributed by atoms with Gasteiger partial charge in [0.25, 0.3) is 0 Å². The Morgan fingerprint density at radius 1 is 1.50 bits per heavy atom. The number of nitrogens with two attached hydrogens (primary N) is 1. The van der Waals surface area contributed by atoms with Crippen molar-refractivity contribution >= 4 is 5.82 Å². The predicted molar refractivity (Wildman–Crippen MR) is 64.6 cm³/mol. The van der Waals surface area contributed by atoms with Gasteiger partial charge in [0, 0.05) is 23.6 Å². The van der Waals surface area contributed by atoms with E-state index < -0.39 is 0 Å². The average molecular weight is 221 g/mol. The molecule has 1 aliphatic rings. The molecule has 4 heteroatoms. The van der Waals surface area contributed by atoms with Gasteiger partial charge in [0.1, 0.15) is 5.82 Å². The normalized spacial score (nSPS) is 27.0. The molecule has 2 unspecified atom stereocenters. The lowest BCUT2D eigenvalue weighted by Crippen LogP contribution is -2.61. The first kappa shape index (κ1) is 11.2. The first-order valence-electron chi connectivity index (χ1n) is 5.57. The van der Waals surface area contributed by atoms with Crippen LogP contribution in [0.1, 0.15) is 20.3 Å². The molecular formula is C12H19N3O. The maximum Gasteiger partial charge on any atom is 0.214 e. The second-order valence-electron chi connectivity index (χ2n) is 4.93. The van der Waals surface area contributed by atoms with Crippen LogP contribution in [0, 0.1) is 5.41 Å². The molecule has 0 spiro atoms. The molecule has 1 aromatic heterocycles. The largest absolute Gasteiger partial charge is 0.481 e. The summed E-state index contributed by atoms with van der Waals surface area (Å²) >= 11 is 0. The Kier molecular flexibility index (Phi) is 2.76. The second kappa shape index (κ2) is 3.94. The fourth-order valence-corrected chi connectivity index (χ4v) is 1.99. The van der Waals surface area contributed by atoms with Crippen LogP contribution in [0.3, 0.4) is 0 Å². The number of hydrogen-bond acceptors (Lipinski definition) is 4. The molecule has 0 aromatic carbocycles. The maximum absolute atomic E-state index is 5.97. The standard InChI is InChI=1S/C12H19N3O/c1-12(2)8(13)7-9(12)14-10-5-4-6-11(15-10)16-3/h4-6,8-9H,7,13H2,1-3H3,(H,14,15). The van der Waals surface area contributed by atoms with Gasteiger partial charge in [0.15, 0.2) is 0 Å². The van der Waals surface area contributed by atoms with Crippen LogP contribution in [-0.4, -0.2) is 24.2 Å². The minimum absolute atomic E-state index is 0.130. The number of pyridine rings is 1. The molecule has 0 radical (unpaired) electrons. The van der Waals surface area contributed by atoms with Crippen molar-refractivity contribution in [1.82, 2.24) is 4.98 Å². The Labute approximate surface area is 96.2 Å². The molecule has 0 bridgehead atoms. The van der Waals surface area contributed by atoms with E-state index in [0.29, 0.717) is 11.9 Å². The lowest BCUT2D eigenvalue weighted by atomic mass is 9.63. The second-order valence-corrected chi connectivity index (χ2v) is 4.93. The number of nitrogens with one attached hydrogen (secondary N) is 1. The molecule has 2 atom stereocenters. The molecule has 0 amide bonds. The minimum Gasteiger partial charge on any atom is -0.481 e. The zero-order chi connectivity index (χ0) is 11.8. The Hall–Kier alpha value is -1.29. The van der Waals surface area contributed by atoms with Crippen molar-refractivity contribution < 1.29 is 4.74 Å². The van der Waals surface area contributed by atoms with E-state index in [4.69, 9.17) is 10.5 Å². The van der Waals surface area contributed by atoms with Crippen LogP contribution in [0.5, 0.6) is 5.88 Å². The van der Waals surface area contributed by atoms with Crippen LogP contribution < -0.4 is 15.8 Å². The number of ether oxygens (including phenoxy) is 1. The number of anilines is 1. The van der Waals surface area contributed by atoms with E-state index in [-0.39, 0.29) is 11.5 Å². The Bertz CT molecular complexity index is 378.